The summed E-state index contributed by atoms with van der Waals surface area (Å²) >= 11 is 6.57. The van der Waals surface area contributed by atoms with Gasteiger partial charge in [-0.3, -0.25) is 0 Å². The first kappa shape index (κ1) is 27.4. The Kier molecular flexibility index (Phi) is 8.06. The lowest BCUT2D eigenvalue weighted by atomic mass is 10.0. The standard InChI is InChI=1S/C29H31ClN4O4S/c1-34(2)18-20-8-9-22(16-25(20)30)31-28(19-6-4-3-5-7-19)27-24-17-23(10-11-26(24)32-29(27)35)39(36,37)33-21-12-14-38-15-13-21/h3-11,16-17,21,32-33,35H,12-15,18H2,1-2H3. The van der Waals surface area contributed by atoms with E-state index in [0.29, 0.717) is 65.5 Å². The summed E-state index contributed by atoms with van der Waals surface area (Å²) in [4.78, 5) is 10.0. The Balaban J connectivity index is 1.61. The molecule has 2 heterocycles. The van der Waals surface area contributed by atoms with Gasteiger partial charge in [0.2, 0.25) is 10.0 Å². The molecule has 0 radical (unpaired) electrons. The summed E-state index contributed by atoms with van der Waals surface area (Å²) in [5.74, 6) is -0.102. The molecule has 3 N–H and O–H groups in total. The minimum Gasteiger partial charge on any atom is -0.494 e. The summed E-state index contributed by atoms with van der Waals surface area (Å²) in [6.45, 7) is 1.75. The zero-order valence-corrected chi connectivity index (χ0v) is 23.4. The molecule has 1 fully saturated rings. The van der Waals surface area contributed by atoms with Gasteiger partial charge in [0.25, 0.3) is 0 Å². The van der Waals surface area contributed by atoms with Gasteiger partial charge in [0.15, 0.2) is 5.88 Å². The summed E-state index contributed by atoms with van der Waals surface area (Å²) < 4.78 is 34.7. The van der Waals surface area contributed by atoms with Gasteiger partial charge < -0.3 is 19.7 Å². The highest BCUT2D eigenvalue weighted by molar-refractivity contribution is 7.89. The van der Waals surface area contributed by atoms with Crippen molar-refractivity contribution in [2.75, 3.05) is 27.3 Å². The van der Waals surface area contributed by atoms with Gasteiger partial charge in [-0.2, -0.15) is 0 Å². The minimum absolute atomic E-state index is 0.102. The van der Waals surface area contributed by atoms with Crippen LogP contribution in [0, 0.1) is 0 Å². The molecule has 0 amide bonds. The first-order chi connectivity index (χ1) is 18.7. The van der Waals surface area contributed by atoms with E-state index in [-0.39, 0.29) is 16.8 Å². The van der Waals surface area contributed by atoms with Crippen LogP contribution in [0.15, 0.2) is 76.6 Å². The molecule has 0 spiro atoms. The quantitative estimate of drug-likeness (QED) is 0.254. The second kappa shape index (κ2) is 11.5. The van der Waals surface area contributed by atoms with Crippen LogP contribution in [-0.4, -0.2) is 62.5 Å². The lowest BCUT2D eigenvalue weighted by molar-refractivity contribution is 0.0832. The van der Waals surface area contributed by atoms with Crippen molar-refractivity contribution in [2.24, 2.45) is 4.99 Å². The van der Waals surface area contributed by atoms with Gasteiger partial charge >= 0.3 is 0 Å². The number of H-pyrrole nitrogens is 1. The largest absolute Gasteiger partial charge is 0.494 e. The number of benzene rings is 3. The van der Waals surface area contributed by atoms with Crippen molar-refractivity contribution >= 4 is 43.9 Å². The number of aliphatic imine (C=N–C) groups is 1. The number of halogens is 1. The highest BCUT2D eigenvalue weighted by Crippen LogP contribution is 2.34. The lowest BCUT2D eigenvalue weighted by Gasteiger charge is -2.23. The van der Waals surface area contributed by atoms with Crippen molar-refractivity contribution in [1.29, 1.82) is 0 Å². The third kappa shape index (κ3) is 6.18. The number of nitrogens with one attached hydrogen (secondary N) is 2. The van der Waals surface area contributed by atoms with Crippen LogP contribution < -0.4 is 4.72 Å². The first-order valence-corrected chi connectivity index (χ1v) is 14.6. The number of sulfonamides is 1. The van der Waals surface area contributed by atoms with E-state index in [1.807, 2.05) is 61.5 Å². The van der Waals surface area contributed by atoms with Crippen LogP contribution in [0.25, 0.3) is 10.9 Å². The number of nitrogens with zero attached hydrogens (tertiary/aromatic N) is 2. The first-order valence-electron chi connectivity index (χ1n) is 12.7. The Bertz CT molecular complexity index is 1610. The van der Waals surface area contributed by atoms with E-state index in [4.69, 9.17) is 21.3 Å². The Labute approximate surface area is 233 Å². The van der Waals surface area contributed by atoms with Crippen molar-refractivity contribution in [3.05, 3.63) is 88.4 Å². The molecule has 204 valence electrons. The Morgan fingerprint density at radius 1 is 1.10 bits per heavy atom. The maximum Gasteiger partial charge on any atom is 0.240 e. The van der Waals surface area contributed by atoms with Crippen molar-refractivity contribution in [3.8, 4) is 5.88 Å². The molecule has 0 aliphatic carbocycles. The molecule has 8 nitrogen and oxygen atoms in total. The van der Waals surface area contributed by atoms with E-state index in [0.717, 1.165) is 11.1 Å². The molecular weight excluding hydrogens is 536 g/mol. The Morgan fingerprint density at radius 3 is 2.54 bits per heavy atom. The maximum absolute atomic E-state index is 13.3. The maximum atomic E-state index is 13.3. The molecule has 1 saturated heterocycles. The van der Waals surface area contributed by atoms with Crippen LogP contribution in [0.5, 0.6) is 5.88 Å². The molecule has 10 heteroatoms. The smallest absolute Gasteiger partial charge is 0.240 e. The van der Waals surface area contributed by atoms with Crippen LogP contribution in [0.4, 0.5) is 5.69 Å². The number of fused-ring (bicyclic) bond motifs is 1. The third-order valence-electron chi connectivity index (χ3n) is 6.65. The molecule has 4 aromatic rings. The van der Waals surface area contributed by atoms with Gasteiger partial charge in [0.1, 0.15) is 0 Å². The van der Waals surface area contributed by atoms with Crippen LogP contribution in [-0.2, 0) is 21.3 Å². The number of hydrogen-bond donors (Lipinski definition) is 3. The number of aromatic amines is 1. The highest BCUT2D eigenvalue weighted by Gasteiger charge is 2.25. The summed E-state index contributed by atoms with van der Waals surface area (Å²) in [5, 5.41) is 12.2. The van der Waals surface area contributed by atoms with Crippen molar-refractivity contribution < 1.29 is 18.3 Å². The van der Waals surface area contributed by atoms with Gasteiger partial charge in [0.05, 0.1) is 21.9 Å². The Morgan fingerprint density at radius 2 is 1.85 bits per heavy atom. The van der Waals surface area contributed by atoms with Gasteiger partial charge in [-0.1, -0.05) is 48.0 Å². The normalized spacial score (nSPS) is 15.3. The monoisotopic (exact) mass is 566 g/mol. The average Bonchev–Trinajstić information content (AvgIpc) is 3.24. The second-order valence-corrected chi connectivity index (χ2v) is 12.0. The highest BCUT2D eigenvalue weighted by atomic mass is 35.5. The third-order valence-corrected chi connectivity index (χ3v) is 8.52. The zero-order valence-electron chi connectivity index (χ0n) is 21.8. The fraction of sp³-hybridized carbons (Fsp3) is 0.276. The van der Waals surface area contributed by atoms with E-state index in [9.17, 15) is 13.5 Å². The minimum atomic E-state index is -3.79. The Hall–Kier alpha value is -3.21. The van der Waals surface area contributed by atoms with Gasteiger partial charge in [-0.25, -0.2) is 18.1 Å². The molecule has 3 aromatic carbocycles. The number of aromatic hydroxyl groups is 1. The summed E-state index contributed by atoms with van der Waals surface area (Å²) in [6.07, 6.45) is 1.25. The molecule has 0 unspecified atom stereocenters. The summed E-state index contributed by atoms with van der Waals surface area (Å²) in [6, 6.07) is 19.7. The molecule has 5 rings (SSSR count). The molecular formula is C29H31ClN4O4S. The van der Waals surface area contributed by atoms with Crippen molar-refractivity contribution in [3.63, 3.8) is 0 Å². The molecule has 39 heavy (non-hydrogen) atoms. The zero-order chi connectivity index (χ0) is 27.6. The van der Waals surface area contributed by atoms with Gasteiger partial charge in [0, 0.05) is 47.3 Å². The summed E-state index contributed by atoms with van der Waals surface area (Å²) in [5.41, 5.74) is 3.84. The van der Waals surface area contributed by atoms with Crippen molar-refractivity contribution in [1.82, 2.24) is 14.6 Å². The predicted molar refractivity (Wildman–Crippen MR) is 155 cm³/mol. The molecule has 0 bridgehead atoms. The van der Waals surface area contributed by atoms with Gasteiger partial charge in [-0.15, -0.1) is 0 Å². The number of hydrogen-bond acceptors (Lipinski definition) is 6. The molecule has 1 aliphatic rings. The topological polar surface area (TPSA) is 107 Å². The summed E-state index contributed by atoms with van der Waals surface area (Å²) in [7, 11) is 0.160. The van der Waals surface area contributed by atoms with Crippen LogP contribution in [0.3, 0.4) is 0 Å². The average molecular weight is 567 g/mol. The number of aromatic nitrogens is 1. The number of rotatable bonds is 8. The van der Waals surface area contributed by atoms with E-state index < -0.39 is 10.0 Å². The van der Waals surface area contributed by atoms with E-state index >= 15 is 0 Å². The molecule has 1 aliphatic heterocycles. The predicted octanol–water partition coefficient (Wildman–Crippen LogP) is 5.21. The number of ether oxygens (including phenoxy) is 1. The van der Waals surface area contributed by atoms with Gasteiger partial charge in [-0.05, 0) is 62.8 Å². The van der Waals surface area contributed by atoms with Crippen LogP contribution in [0.2, 0.25) is 5.02 Å². The fourth-order valence-corrected chi connectivity index (χ4v) is 6.30. The molecule has 0 atom stereocenters. The van der Waals surface area contributed by atoms with Crippen molar-refractivity contribution in [2.45, 2.75) is 30.3 Å². The van der Waals surface area contributed by atoms with Crippen LogP contribution >= 0.6 is 11.6 Å². The molecule has 1 aromatic heterocycles. The van der Waals surface area contributed by atoms with E-state index in [1.165, 1.54) is 6.07 Å². The fourth-order valence-electron chi connectivity index (χ4n) is 4.73. The second-order valence-electron chi connectivity index (χ2n) is 9.90. The lowest BCUT2D eigenvalue weighted by Crippen LogP contribution is -2.38. The SMILES string of the molecule is CN(C)Cc1ccc(N=C(c2ccccc2)c2c(O)[nH]c3ccc(S(=O)(=O)NC4CCOCC4)cc23)cc1Cl. The van der Waals surface area contributed by atoms with E-state index in [2.05, 4.69) is 9.71 Å². The van der Waals surface area contributed by atoms with E-state index in [1.54, 1.807) is 18.2 Å². The molecule has 0 saturated carbocycles. The van der Waals surface area contributed by atoms with Crippen LogP contribution in [0.1, 0.15) is 29.5 Å².